The number of hydrogen-bond donors (Lipinski definition) is 2. The fourth-order valence-electron chi connectivity index (χ4n) is 7.43. The van der Waals surface area contributed by atoms with Crippen LogP contribution in [0, 0.1) is 5.41 Å². The molecule has 1 spiro atoms. The molecule has 1 saturated heterocycles. The SMILES string of the molecule is CCN1CCN(CC(O)[C@@H]2Cc3ccccc3CN2)C(=O)c2ccc(C(=O)N3CCC4(CC3)CC(N(C)C)C4)cc21. The molecular weight excluding hydrogens is 514 g/mol. The molecule has 2 fully saturated rings. The van der Waals surface area contributed by atoms with E-state index in [1.165, 1.54) is 24.0 Å². The summed E-state index contributed by atoms with van der Waals surface area (Å²) in [6.07, 6.45) is 4.71. The number of likely N-dealkylation sites (tertiary alicyclic amines) is 1. The van der Waals surface area contributed by atoms with E-state index in [-0.39, 0.29) is 24.4 Å². The molecule has 41 heavy (non-hydrogen) atoms. The van der Waals surface area contributed by atoms with Gasteiger partial charge in [-0.05, 0) is 87.9 Å². The minimum atomic E-state index is -0.671. The Morgan fingerprint density at radius 2 is 1.76 bits per heavy atom. The smallest absolute Gasteiger partial charge is 0.256 e. The van der Waals surface area contributed by atoms with E-state index >= 15 is 0 Å². The maximum absolute atomic E-state index is 13.8. The van der Waals surface area contributed by atoms with Crippen LogP contribution in [0.4, 0.5) is 5.69 Å². The van der Waals surface area contributed by atoms with Crippen LogP contribution < -0.4 is 10.2 Å². The van der Waals surface area contributed by atoms with Gasteiger partial charge < -0.3 is 30.0 Å². The Hall–Kier alpha value is -2.94. The number of aliphatic hydroxyl groups is 1. The van der Waals surface area contributed by atoms with E-state index in [4.69, 9.17) is 0 Å². The lowest BCUT2D eigenvalue weighted by molar-refractivity contribution is -0.0231. The summed E-state index contributed by atoms with van der Waals surface area (Å²) in [5.41, 5.74) is 5.03. The van der Waals surface area contributed by atoms with Crippen LogP contribution in [0.5, 0.6) is 0 Å². The van der Waals surface area contributed by atoms with Crippen LogP contribution >= 0.6 is 0 Å². The number of carbonyl (C=O) groups excluding carboxylic acids is 2. The molecule has 2 aromatic carbocycles. The summed E-state index contributed by atoms with van der Waals surface area (Å²) in [5, 5.41) is 14.6. The largest absolute Gasteiger partial charge is 0.390 e. The quantitative estimate of drug-likeness (QED) is 0.567. The van der Waals surface area contributed by atoms with Crippen LogP contribution in [-0.2, 0) is 13.0 Å². The molecule has 0 radical (unpaired) electrons. The second-order valence-corrected chi connectivity index (χ2v) is 12.9. The first-order valence-corrected chi connectivity index (χ1v) is 15.4. The molecule has 2 amide bonds. The lowest BCUT2D eigenvalue weighted by atomic mass is 9.60. The fourth-order valence-corrected chi connectivity index (χ4v) is 7.43. The molecule has 3 heterocycles. The molecule has 8 heteroatoms. The van der Waals surface area contributed by atoms with Crippen LogP contribution in [0.25, 0.3) is 0 Å². The predicted molar refractivity (Wildman–Crippen MR) is 161 cm³/mol. The molecule has 2 atom stereocenters. The van der Waals surface area contributed by atoms with Crippen molar-refractivity contribution in [3.63, 3.8) is 0 Å². The molecule has 1 unspecified atom stereocenters. The summed E-state index contributed by atoms with van der Waals surface area (Å²) < 4.78 is 0. The lowest BCUT2D eigenvalue weighted by Crippen LogP contribution is -2.54. The number of carbonyl (C=O) groups is 2. The second kappa shape index (κ2) is 11.4. The van der Waals surface area contributed by atoms with Gasteiger partial charge in [-0.3, -0.25) is 9.59 Å². The highest BCUT2D eigenvalue weighted by Crippen LogP contribution is 2.50. The third-order valence-electron chi connectivity index (χ3n) is 10.3. The molecule has 2 N–H and O–H groups in total. The fraction of sp³-hybridized carbons (Fsp3) is 0.576. The number of amides is 2. The first-order chi connectivity index (χ1) is 19.8. The van der Waals surface area contributed by atoms with E-state index in [1.807, 2.05) is 35.2 Å². The van der Waals surface area contributed by atoms with E-state index in [1.54, 1.807) is 4.90 Å². The average Bonchev–Trinajstić information content (AvgIpc) is 3.10. The van der Waals surface area contributed by atoms with Gasteiger partial charge in [0.15, 0.2) is 0 Å². The molecule has 4 aliphatic rings. The standard InChI is InChI=1S/C33H45N5O3/c1-4-36-15-16-38(22-30(39)28-17-23-7-5-6-8-25(23)21-34-28)32(41)27-10-9-24(18-29(27)36)31(40)37-13-11-33(12-14-37)19-26(20-33)35(2)3/h5-10,18,26,28,30,34,39H,4,11-17,19-22H2,1-3H3/t28-,30?/m0/s1. The number of benzene rings is 2. The maximum Gasteiger partial charge on any atom is 0.256 e. The number of anilines is 1. The molecule has 8 nitrogen and oxygen atoms in total. The topological polar surface area (TPSA) is 79.4 Å². The second-order valence-electron chi connectivity index (χ2n) is 12.9. The van der Waals surface area contributed by atoms with Crippen molar-refractivity contribution in [2.75, 3.05) is 58.3 Å². The number of fused-ring (bicyclic) bond motifs is 2. The number of piperidine rings is 1. The number of β-amino-alcohol motifs (C(OH)–C–C–N with tert-alkyl or cyclic N) is 1. The van der Waals surface area contributed by atoms with Gasteiger partial charge in [-0.15, -0.1) is 0 Å². The number of aliphatic hydroxyl groups excluding tert-OH is 1. The van der Waals surface area contributed by atoms with E-state index in [9.17, 15) is 14.7 Å². The molecule has 0 bridgehead atoms. The van der Waals surface area contributed by atoms with Crippen molar-refractivity contribution in [2.45, 2.75) is 63.8 Å². The molecule has 2 aromatic rings. The summed E-state index contributed by atoms with van der Waals surface area (Å²) in [6, 6.07) is 14.5. The van der Waals surface area contributed by atoms with Gasteiger partial charge in [0.05, 0.1) is 17.4 Å². The van der Waals surface area contributed by atoms with Crippen molar-refractivity contribution < 1.29 is 14.7 Å². The number of rotatable bonds is 6. The molecule has 1 aliphatic carbocycles. The molecule has 1 saturated carbocycles. The highest BCUT2D eigenvalue weighted by atomic mass is 16.3. The van der Waals surface area contributed by atoms with Crippen molar-refractivity contribution in [1.82, 2.24) is 20.0 Å². The van der Waals surface area contributed by atoms with Gasteiger partial charge in [-0.25, -0.2) is 0 Å². The van der Waals surface area contributed by atoms with Gasteiger partial charge in [0, 0.05) is 63.5 Å². The van der Waals surface area contributed by atoms with E-state index < -0.39 is 6.10 Å². The Balaban J connectivity index is 1.13. The van der Waals surface area contributed by atoms with Crippen molar-refractivity contribution in [3.8, 4) is 0 Å². The van der Waals surface area contributed by atoms with Crippen molar-refractivity contribution in [3.05, 3.63) is 64.7 Å². The van der Waals surface area contributed by atoms with Crippen molar-refractivity contribution in [2.24, 2.45) is 5.41 Å². The first-order valence-electron chi connectivity index (χ1n) is 15.4. The number of likely N-dealkylation sites (N-methyl/N-ethyl adjacent to an activating group) is 1. The van der Waals surface area contributed by atoms with Gasteiger partial charge in [0.1, 0.15) is 0 Å². The Kier molecular flexibility index (Phi) is 7.83. The third-order valence-corrected chi connectivity index (χ3v) is 10.3. The highest BCUT2D eigenvalue weighted by Gasteiger charge is 2.47. The van der Waals surface area contributed by atoms with Gasteiger partial charge in [0.2, 0.25) is 0 Å². The molecule has 3 aliphatic heterocycles. The first kappa shape index (κ1) is 28.2. The normalized spacial score (nSPS) is 23.2. The van der Waals surface area contributed by atoms with Crippen LogP contribution in [0.2, 0.25) is 0 Å². The van der Waals surface area contributed by atoms with E-state index in [0.717, 1.165) is 51.1 Å². The van der Waals surface area contributed by atoms with Crippen LogP contribution in [0.1, 0.15) is 64.4 Å². The van der Waals surface area contributed by atoms with Gasteiger partial charge in [-0.2, -0.15) is 0 Å². The van der Waals surface area contributed by atoms with E-state index in [2.05, 4.69) is 48.3 Å². The number of nitrogens with one attached hydrogen (secondary N) is 1. The highest BCUT2D eigenvalue weighted by molar-refractivity contribution is 6.03. The zero-order valence-electron chi connectivity index (χ0n) is 24.8. The van der Waals surface area contributed by atoms with Crippen molar-refractivity contribution >= 4 is 17.5 Å². The monoisotopic (exact) mass is 559 g/mol. The Labute approximate surface area is 244 Å². The van der Waals surface area contributed by atoms with Gasteiger partial charge in [-0.1, -0.05) is 24.3 Å². The molecular formula is C33H45N5O3. The minimum Gasteiger partial charge on any atom is -0.390 e. The Bertz CT molecular complexity index is 1280. The lowest BCUT2D eigenvalue weighted by Gasteiger charge is -2.54. The van der Waals surface area contributed by atoms with Crippen LogP contribution in [0.3, 0.4) is 0 Å². The Morgan fingerprint density at radius 1 is 1.05 bits per heavy atom. The molecule has 6 rings (SSSR count). The Morgan fingerprint density at radius 3 is 2.46 bits per heavy atom. The number of nitrogens with zero attached hydrogens (tertiary/aromatic N) is 4. The van der Waals surface area contributed by atoms with Gasteiger partial charge >= 0.3 is 0 Å². The van der Waals surface area contributed by atoms with E-state index in [0.29, 0.717) is 35.7 Å². The predicted octanol–water partition coefficient (Wildman–Crippen LogP) is 2.99. The minimum absolute atomic E-state index is 0.0646. The van der Waals surface area contributed by atoms with Crippen molar-refractivity contribution in [1.29, 1.82) is 0 Å². The van der Waals surface area contributed by atoms with Crippen LogP contribution in [-0.4, -0.2) is 103 Å². The molecule has 0 aromatic heterocycles. The maximum atomic E-state index is 13.8. The number of hydrogen-bond acceptors (Lipinski definition) is 6. The summed E-state index contributed by atoms with van der Waals surface area (Å²) >= 11 is 0. The summed E-state index contributed by atoms with van der Waals surface area (Å²) in [4.78, 5) is 35.6. The summed E-state index contributed by atoms with van der Waals surface area (Å²) in [5.74, 6) is -0.0135. The average molecular weight is 560 g/mol. The zero-order chi connectivity index (χ0) is 28.7. The molecule has 220 valence electrons. The third kappa shape index (κ3) is 5.49. The van der Waals surface area contributed by atoms with Gasteiger partial charge in [0.25, 0.3) is 11.8 Å². The summed E-state index contributed by atoms with van der Waals surface area (Å²) in [6.45, 7) is 6.64. The summed E-state index contributed by atoms with van der Waals surface area (Å²) in [7, 11) is 4.32. The van der Waals surface area contributed by atoms with Crippen LogP contribution in [0.15, 0.2) is 42.5 Å². The zero-order valence-corrected chi connectivity index (χ0v) is 24.8.